The van der Waals surface area contributed by atoms with E-state index in [4.69, 9.17) is 4.74 Å². The fourth-order valence-electron chi connectivity index (χ4n) is 2.33. The van der Waals surface area contributed by atoms with Gasteiger partial charge in [-0.25, -0.2) is 5.01 Å². The highest BCUT2D eigenvalue weighted by molar-refractivity contribution is 5.16. The van der Waals surface area contributed by atoms with E-state index in [1.165, 1.54) is 0 Å². The fourth-order valence-corrected chi connectivity index (χ4v) is 2.33. The number of nitrogens with zero attached hydrogens (tertiary/aromatic N) is 2. The molecule has 0 spiro atoms. The van der Waals surface area contributed by atoms with Crippen molar-refractivity contribution in [3.8, 4) is 0 Å². The predicted molar refractivity (Wildman–Crippen MR) is 83.9 cm³/mol. The molecule has 1 heterocycles. The maximum absolute atomic E-state index is 10.0. The number of rotatable bonds is 7. The van der Waals surface area contributed by atoms with Crippen LogP contribution in [0.4, 0.5) is 0 Å². The first-order chi connectivity index (χ1) is 10.1. The molecule has 0 amide bonds. The lowest BCUT2D eigenvalue weighted by Crippen LogP contribution is -2.52. The number of piperazine rings is 1. The number of hydrazine groups is 1. The Bertz CT molecular complexity index is 394. The van der Waals surface area contributed by atoms with Crippen molar-refractivity contribution in [2.24, 2.45) is 0 Å². The summed E-state index contributed by atoms with van der Waals surface area (Å²) >= 11 is 0. The van der Waals surface area contributed by atoms with Gasteiger partial charge in [0.25, 0.3) is 0 Å². The molecule has 1 saturated heterocycles. The van der Waals surface area contributed by atoms with E-state index in [9.17, 15) is 5.11 Å². The van der Waals surface area contributed by atoms with E-state index in [-0.39, 0.29) is 6.10 Å². The second-order valence-electron chi connectivity index (χ2n) is 5.69. The van der Waals surface area contributed by atoms with Crippen LogP contribution in [-0.4, -0.2) is 67.5 Å². The summed E-state index contributed by atoms with van der Waals surface area (Å²) in [7, 11) is 2.13. The SMILES string of the molecule is CC(OCC(O)CNN1CCN(C)CC1)c1ccccc1. The summed E-state index contributed by atoms with van der Waals surface area (Å²) < 4.78 is 5.73. The van der Waals surface area contributed by atoms with E-state index in [0.717, 1.165) is 31.7 Å². The van der Waals surface area contributed by atoms with Crippen LogP contribution >= 0.6 is 0 Å². The lowest BCUT2D eigenvalue weighted by molar-refractivity contribution is -0.0130. The topological polar surface area (TPSA) is 48.0 Å². The molecule has 0 bridgehead atoms. The lowest BCUT2D eigenvalue weighted by Gasteiger charge is -2.33. The van der Waals surface area contributed by atoms with Crippen molar-refractivity contribution in [2.45, 2.75) is 19.1 Å². The predicted octanol–water partition coefficient (Wildman–Crippen LogP) is 0.877. The van der Waals surface area contributed by atoms with Gasteiger partial charge < -0.3 is 14.7 Å². The van der Waals surface area contributed by atoms with Crippen LogP contribution in [0.5, 0.6) is 0 Å². The highest BCUT2D eigenvalue weighted by atomic mass is 16.5. The van der Waals surface area contributed by atoms with Gasteiger partial charge in [0, 0.05) is 32.7 Å². The van der Waals surface area contributed by atoms with Gasteiger partial charge in [-0.3, -0.25) is 5.43 Å². The first kappa shape index (κ1) is 16.4. The van der Waals surface area contributed by atoms with Crippen LogP contribution in [0.3, 0.4) is 0 Å². The Kier molecular flexibility index (Phi) is 6.60. The van der Waals surface area contributed by atoms with E-state index < -0.39 is 6.10 Å². The molecule has 1 aromatic carbocycles. The molecule has 1 fully saturated rings. The summed E-state index contributed by atoms with van der Waals surface area (Å²) in [5.74, 6) is 0. The number of aliphatic hydroxyl groups excluding tert-OH is 1. The summed E-state index contributed by atoms with van der Waals surface area (Å²) in [6.45, 7) is 6.99. The quantitative estimate of drug-likeness (QED) is 0.781. The third kappa shape index (κ3) is 5.73. The van der Waals surface area contributed by atoms with Gasteiger partial charge in [-0.2, -0.15) is 0 Å². The van der Waals surface area contributed by atoms with Gasteiger partial charge in [0.2, 0.25) is 0 Å². The highest BCUT2D eigenvalue weighted by Crippen LogP contribution is 2.15. The zero-order valence-electron chi connectivity index (χ0n) is 13.0. The van der Waals surface area contributed by atoms with Crippen molar-refractivity contribution in [1.29, 1.82) is 0 Å². The molecule has 2 atom stereocenters. The summed E-state index contributed by atoms with van der Waals surface area (Å²) in [5.41, 5.74) is 4.42. The molecule has 1 aliphatic heterocycles. The van der Waals surface area contributed by atoms with Crippen molar-refractivity contribution in [2.75, 3.05) is 46.4 Å². The first-order valence-corrected chi connectivity index (χ1v) is 7.67. The smallest absolute Gasteiger partial charge is 0.0912 e. The summed E-state index contributed by atoms with van der Waals surface area (Å²) in [6.07, 6.45) is -0.486. The Morgan fingerprint density at radius 2 is 1.86 bits per heavy atom. The van der Waals surface area contributed by atoms with Crippen molar-refractivity contribution >= 4 is 0 Å². The van der Waals surface area contributed by atoms with E-state index in [1.54, 1.807) is 0 Å². The number of aliphatic hydroxyl groups is 1. The fraction of sp³-hybridized carbons (Fsp3) is 0.625. The molecule has 0 aliphatic carbocycles. The number of likely N-dealkylation sites (N-methyl/N-ethyl adjacent to an activating group) is 1. The Labute approximate surface area is 127 Å². The van der Waals surface area contributed by atoms with E-state index >= 15 is 0 Å². The van der Waals surface area contributed by atoms with E-state index in [1.807, 2.05) is 37.3 Å². The molecule has 2 rings (SSSR count). The maximum Gasteiger partial charge on any atom is 0.0912 e. The van der Waals surface area contributed by atoms with Crippen LogP contribution in [0.25, 0.3) is 0 Å². The third-order valence-electron chi connectivity index (χ3n) is 3.86. The number of nitrogens with one attached hydrogen (secondary N) is 1. The minimum atomic E-state index is -0.490. The van der Waals surface area contributed by atoms with E-state index in [0.29, 0.717) is 13.2 Å². The van der Waals surface area contributed by atoms with Gasteiger partial charge in [-0.1, -0.05) is 30.3 Å². The monoisotopic (exact) mass is 293 g/mol. The molecule has 1 aliphatic rings. The molecule has 5 heteroatoms. The van der Waals surface area contributed by atoms with Crippen LogP contribution in [-0.2, 0) is 4.74 Å². The van der Waals surface area contributed by atoms with Crippen LogP contribution < -0.4 is 5.43 Å². The van der Waals surface area contributed by atoms with E-state index in [2.05, 4.69) is 22.4 Å². The average Bonchev–Trinajstić information content (AvgIpc) is 2.53. The number of hydrogen-bond acceptors (Lipinski definition) is 5. The highest BCUT2D eigenvalue weighted by Gasteiger charge is 2.15. The Balaban J connectivity index is 1.62. The van der Waals surface area contributed by atoms with Gasteiger partial charge in [0.15, 0.2) is 0 Å². The second-order valence-corrected chi connectivity index (χ2v) is 5.69. The minimum Gasteiger partial charge on any atom is -0.389 e. The van der Waals surface area contributed by atoms with Crippen molar-refractivity contribution < 1.29 is 9.84 Å². The normalized spacial score (nSPS) is 20.3. The van der Waals surface area contributed by atoms with Crippen molar-refractivity contribution in [3.05, 3.63) is 35.9 Å². The molecule has 0 saturated carbocycles. The standard InChI is InChI=1S/C16H27N3O2/c1-14(15-6-4-3-5-7-15)21-13-16(20)12-17-19-10-8-18(2)9-11-19/h3-7,14,16-17,20H,8-13H2,1-2H3. The zero-order chi connectivity index (χ0) is 15.1. The van der Waals surface area contributed by atoms with Crippen molar-refractivity contribution in [1.82, 2.24) is 15.3 Å². The molecule has 118 valence electrons. The minimum absolute atomic E-state index is 0.00415. The Morgan fingerprint density at radius 3 is 2.52 bits per heavy atom. The molecule has 1 aromatic rings. The van der Waals surface area contributed by atoms with Crippen LogP contribution in [0.1, 0.15) is 18.6 Å². The van der Waals surface area contributed by atoms with Gasteiger partial charge in [0.1, 0.15) is 0 Å². The lowest BCUT2D eigenvalue weighted by atomic mass is 10.1. The Morgan fingerprint density at radius 1 is 1.19 bits per heavy atom. The van der Waals surface area contributed by atoms with Crippen LogP contribution in [0.2, 0.25) is 0 Å². The molecule has 5 nitrogen and oxygen atoms in total. The molecule has 2 unspecified atom stereocenters. The summed E-state index contributed by atoms with van der Waals surface area (Å²) in [4.78, 5) is 2.30. The first-order valence-electron chi connectivity index (χ1n) is 7.67. The van der Waals surface area contributed by atoms with Gasteiger partial charge in [-0.15, -0.1) is 0 Å². The van der Waals surface area contributed by atoms with Gasteiger partial charge in [-0.05, 0) is 19.5 Å². The molecular formula is C16H27N3O2. The molecule has 2 N–H and O–H groups in total. The van der Waals surface area contributed by atoms with Gasteiger partial charge >= 0.3 is 0 Å². The number of benzene rings is 1. The largest absolute Gasteiger partial charge is 0.389 e. The summed E-state index contributed by atoms with van der Waals surface area (Å²) in [5, 5.41) is 12.2. The maximum atomic E-state index is 10.0. The Hall–Kier alpha value is -0.980. The summed E-state index contributed by atoms with van der Waals surface area (Å²) in [6, 6.07) is 10.1. The molecule has 0 radical (unpaired) electrons. The van der Waals surface area contributed by atoms with Crippen molar-refractivity contribution in [3.63, 3.8) is 0 Å². The zero-order valence-corrected chi connectivity index (χ0v) is 13.0. The van der Waals surface area contributed by atoms with Crippen LogP contribution in [0, 0.1) is 0 Å². The number of ether oxygens (including phenoxy) is 1. The second kappa shape index (κ2) is 8.46. The average molecular weight is 293 g/mol. The molecular weight excluding hydrogens is 266 g/mol. The third-order valence-corrected chi connectivity index (χ3v) is 3.86. The molecule has 21 heavy (non-hydrogen) atoms. The number of hydrogen-bond donors (Lipinski definition) is 2. The van der Waals surface area contributed by atoms with Crippen LogP contribution in [0.15, 0.2) is 30.3 Å². The molecule has 0 aromatic heterocycles. The van der Waals surface area contributed by atoms with Gasteiger partial charge in [0.05, 0.1) is 18.8 Å².